The molecule has 0 radical (unpaired) electrons. The van der Waals surface area contributed by atoms with Gasteiger partial charge in [-0.1, -0.05) is 30.2 Å². The van der Waals surface area contributed by atoms with E-state index in [0.29, 0.717) is 10.9 Å². The zero-order valence-electron chi connectivity index (χ0n) is 12.1. The molecule has 1 N–H and O–H groups in total. The molecule has 0 saturated heterocycles. The zero-order valence-corrected chi connectivity index (χ0v) is 12.9. The van der Waals surface area contributed by atoms with Crippen molar-refractivity contribution in [1.82, 2.24) is 9.78 Å². The quantitative estimate of drug-likeness (QED) is 0.846. The third-order valence-corrected chi connectivity index (χ3v) is 4.12. The highest BCUT2D eigenvalue weighted by atomic mass is 35.5. The summed E-state index contributed by atoms with van der Waals surface area (Å²) in [5.74, 6) is 0.745. The second-order valence-electron chi connectivity index (χ2n) is 6.05. The maximum absolute atomic E-state index is 10.7. The molecule has 1 aromatic heterocycles. The minimum atomic E-state index is -0.538. The summed E-state index contributed by atoms with van der Waals surface area (Å²) in [5, 5.41) is 15.6. The van der Waals surface area contributed by atoms with Gasteiger partial charge in [-0.15, -0.1) is 0 Å². The molecule has 0 fully saturated rings. The lowest BCUT2D eigenvalue weighted by Gasteiger charge is -2.30. The molecule has 1 heterocycles. The fraction of sp³-hybridized carbons (Fsp3) is 0.667. The van der Waals surface area contributed by atoms with Crippen LogP contribution in [-0.2, 0) is 0 Å². The highest BCUT2D eigenvalue weighted by Crippen LogP contribution is 2.39. The van der Waals surface area contributed by atoms with Crippen molar-refractivity contribution in [3.8, 4) is 0 Å². The molecule has 3 unspecified atom stereocenters. The van der Waals surface area contributed by atoms with Gasteiger partial charge in [0.05, 0.1) is 16.9 Å². The van der Waals surface area contributed by atoms with Crippen molar-refractivity contribution in [2.24, 2.45) is 11.8 Å². The standard InChI is InChI=1S/C15H23ClN2O/c1-9(2)18-14(13(16)8-17-18)15(19)12-6-10(3)5-11(4)7-12/h5,8-10,12,15,19H,6-7H2,1-4H3. The number of nitrogens with zero attached hydrogens (tertiary/aromatic N) is 2. The van der Waals surface area contributed by atoms with Crippen molar-refractivity contribution in [3.05, 3.63) is 28.6 Å². The van der Waals surface area contributed by atoms with E-state index in [1.165, 1.54) is 5.57 Å². The van der Waals surface area contributed by atoms with E-state index in [1.807, 2.05) is 18.5 Å². The summed E-state index contributed by atoms with van der Waals surface area (Å²) in [4.78, 5) is 0. The number of allylic oxidation sites excluding steroid dienone is 2. The number of halogens is 1. The van der Waals surface area contributed by atoms with Crippen molar-refractivity contribution in [3.63, 3.8) is 0 Å². The first-order chi connectivity index (χ1) is 8.90. The summed E-state index contributed by atoms with van der Waals surface area (Å²) in [6.07, 6.45) is 5.33. The van der Waals surface area contributed by atoms with Crippen molar-refractivity contribution < 1.29 is 5.11 Å². The molecule has 2 rings (SSSR count). The van der Waals surface area contributed by atoms with Crippen LogP contribution in [0.3, 0.4) is 0 Å². The average molecular weight is 283 g/mol. The van der Waals surface area contributed by atoms with Gasteiger partial charge in [-0.25, -0.2) is 0 Å². The molecular weight excluding hydrogens is 260 g/mol. The van der Waals surface area contributed by atoms with E-state index in [2.05, 4.69) is 25.0 Å². The van der Waals surface area contributed by atoms with Gasteiger partial charge in [-0.3, -0.25) is 4.68 Å². The Balaban J connectivity index is 2.27. The Morgan fingerprint density at radius 2 is 2.16 bits per heavy atom. The van der Waals surface area contributed by atoms with Gasteiger partial charge in [-0.2, -0.15) is 5.10 Å². The van der Waals surface area contributed by atoms with E-state index in [0.717, 1.165) is 18.5 Å². The Morgan fingerprint density at radius 1 is 1.47 bits per heavy atom. The fourth-order valence-corrected chi connectivity index (χ4v) is 3.34. The summed E-state index contributed by atoms with van der Waals surface area (Å²) >= 11 is 6.22. The smallest absolute Gasteiger partial charge is 0.100 e. The van der Waals surface area contributed by atoms with E-state index >= 15 is 0 Å². The number of aromatic nitrogens is 2. The fourth-order valence-electron chi connectivity index (χ4n) is 3.10. The molecular formula is C15H23ClN2O. The summed E-state index contributed by atoms with van der Waals surface area (Å²) in [6.45, 7) is 8.43. The largest absolute Gasteiger partial charge is 0.386 e. The van der Waals surface area contributed by atoms with Crippen molar-refractivity contribution in [1.29, 1.82) is 0 Å². The SMILES string of the molecule is CC1=CC(C)CC(C(O)c2c(Cl)cnn2C(C)C)C1. The molecule has 0 saturated carbocycles. The van der Waals surface area contributed by atoms with Gasteiger partial charge in [0.25, 0.3) is 0 Å². The molecule has 106 valence electrons. The van der Waals surface area contributed by atoms with E-state index in [9.17, 15) is 5.11 Å². The minimum absolute atomic E-state index is 0.204. The van der Waals surface area contributed by atoms with E-state index < -0.39 is 6.10 Å². The van der Waals surface area contributed by atoms with Gasteiger partial charge >= 0.3 is 0 Å². The predicted octanol–water partition coefficient (Wildman–Crippen LogP) is 4.14. The number of aliphatic hydroxyl groups excluding tert-OH is 1. The number of rotatable bonds is 3. The molecule has 0 bridgehead atoms. The molecule has 0 aliphatic heterocycles. The summed E-state index contributed by atoms with van der Waals surface area (Å²) in [7, 11) is 0. The Kier molecular flexibility index (Phi) is 4.36. The number of hydrogen-bond acceptors (Lipinski definition) is 2. The topological polar surface area (TPSA) is 38.1 Å². The first-order valence-electron chi connectivity index (χ1n) is 6.98. The van der Waals surface area contributed by atoms with Crippen LogP contribution in [0.1, 0.15) is 58.4 Å². The highest BCUT2D eigenvalue weighted by Gasteiger charge is 2.30. The Hall–Kier alpha value is -0.800. The molecule has 4 heteroatoms. The van der Waals surface area contributed by atoms with Gasteiger partial charge < -0.3 is 5.11 Å². The van der Waals surface area contributed by atoms with E-state index in [-0.39, 0.29) is 12.0 Å². The lowest BCUT2D eigenvalue weighted by Crippen LogP contribution is -2.22. The summed E-state index contributed by atoms with van der Waals surface area (Å²) in [6, 6.07) is 0.204. The van der Waals surface area contributed by atoms with E-state index in [1.54, 1.807) is 6.20 Å². The van der Waals surface area contributed by atoms with Gasteiger partial charge in [0, 0.05) is 6.04 Å². The van der Waals surface area contributed by atoms with Gasteiger partial charge in [0.2, 0.25) is 0 Å². The van der Waals surface area contributed by atoms with Crippen LogP contribution in [0, 0.1) is 11.8 Å². The van der Waals surface area contributed by atoms with Gasteiger partial charge in [-0.05, 0) is 45.4 Å². The maximum atomic E-state index is 10.7. The molecule has 1 aliphatic rings. The van der Waals surface area contributed by atoms with Crippen LogP contribution in [0.2, 0.25) is 5.02 Å². The number of aliphatic hydroxyl groups is 1. The molecule has 3 atom stereocenters. The Morgan fingerprint density at radius 3 is 2.74 bits per heavy atom. The second-order valence-corrected chi connectivity index (χ2v) is 6.46. The second kappa shape index (κ2) is 5.68. The Bertz CT molecular complexity index is 478. The van der Waals surface area contributed by atoms with Crippen molar-refractivity contribution >= 4 is 11.6 Å². The van der Waals surface area contributed by atoms with Crippen molar-refractivity contribution in [2.45, 2.75) is 52.7 Å². The molecule has 1 aliphatic carbocycles. The van der Waals surface area contributed by atoms with Gasteiger partial charge in [0.1, 0.15) is 6.10 Å². The maximum Gasteiger partial charge on any atom is 0.100 e. The van der Waals surface area contributed by atoms with Crippen LogP contribution in [-0.4, -0.2) is 14.9 Å². The third-order valence-electron chi connectivity index (χ3n) is 3.83. The third kappa shape index (κ3) is 3.03. The molecule has 0 spiro atoms. The normalized spacial score (nSPS) is 25.5. The molecule has 19 heavy (non-hydrogen) atoms. The summed E-state index contributed by atoms with van der Waals surface area (Å²) < 4.78 is 1.84. The van der Waals surface area contributed by atoms with Crippen LogP contribution in [0.15, 0.2) is 17.8 Å². The Labute approximate surface area is 120 Å². The first-order valence-corrected chi connectivity index (χ1v) is 7.36. The highest BCUT2D eigenvalue weighted by molar-refractivity contribution is 6.31. The average Bonchev–Trinajstić information content (AvgIpc) is 2.69. The predicted molar refractivity (Wildman–Crippen MR) is 78.2 cm³/mol. The summed E-state index contributed by atoms with van der Waals surface area (Å²) in [5.41, 5.74) is 2.12. The van der Waals surface area contributed by atoms with Crippen molar-refractivity contribution in [2.75, 3.05) is 0 Å². The lowest BCUT2D eigenvalue weighted by atomic mass is 9.80. The first kappa shape index (κ1) is 14.6. The molecule has 0 aromatic carbocycles. The lowest BCUT2D eigenvalue weighted by molar-refractivity contribution is 0.0836. The molecule has 0 amide bonds. The van der Waals surface area contributed by atoms with Crippen LogP contribution >= 0.6 is 11.6 Å². The van der Waals surface area contributed by atoms with Crippen LogP contribution in [0.4, 0.5) is 0 Å². The molecule has 1 aromatic rings. The van der Waals surface area contributed by atoms with Crippen LogP contribution < -0.4 is 0 Å². The number of hydrogen-bond donors (Lipinski definition) is 1. The minimum Gasteiger partial charge on any atom is -0.386 e. The van der Waals surface area contributed by atoms with Crippen LogP contribution in [0.5, 0.6) is 0 Å². The monoisotopic (exact) mass is 282 g/mol. The molecule has 3 nitrogen and oxygen atoms in total. The van der Waals surface area contributed by atoms with E-state index in [4.69, 9.17) is 11.6 Å². The zero-order chi connectivity index (χ0) is 14.2. The van der Waals surface area contributed by atoms with Gasteiger partial charge in [0.15, 0.2) is 0 Å². The van der Waals surface area contributed by atoms with Crippen LogP contribution in [0.25, 0.3) is 0 Å².